The van der Waals surface area contributed by atoms with Crippen molar-refractivity contribution in [3.63, 3.8) is 0 Å². The second-order valence-electron chi connectivity index (χ2n) is 8.38. The number of carbonyl (C=O) groups is 2. The Morgan fingerprint density at radius 3 is 2.39 bits per heavy atom. The zero-order valence-electron chi connectivity index (χ0n) is 18.3. The molecule has 9 heteroatoms. The van der Waals surface area contributed by atoms with Crippen molar-refractivity contribution in [1.29, 1.82) is 0 Å². The topological polar surface area (TPSA) is 53.1 Å². The lowest BCUT2D eigenvalue weighted by Crippen LogP contribution is -2.50. The average Bonchev–Trinajstić information content (AvgIpc) is 3.19. The number of rotatable bonds is 5. The van der Waals surface area contributed by atoms with E-state index in [9.17, 15) is 22.8 Å². The summed E-state index contributed by atoms with van der Waals surface area (Å²) in [6.45, 7) is 2.54. The number of halogens is 3. The Kier molecular flexibility index (Phi) is 6.49. The first-order chi connectivity index (χ1) is 15.7. The molecule has 0 saturated carbocycles. The van der Waals surface area contributed by atoms with Crippen molar-refractivity contribution in [2.24, 2.45) is 5.92 Å². The first-order valence-electron chi connectivity index (χ1n) is 10.9. The molecule has 33 heavy (non-hydrogen) atoms. The number of hydrogen-bond acceptors (Lipinski definition) is 4. The Balaban J connectivity index is 1.32. The SMILES string of the molecule is COc1ccc(CN2C[C@@H](C(=O)N3CCN(c4cccc(C(F)(F)F)c4)CC3)CC2=O)cc1. The number of benzene rings is 2. The van der Waals surface area contributed by atoms with Crippen molar-refractivity contribution < 1.29 is 27.5 Å². The van der Waals surface area contributed by atoms with Gasteiger partial charge in [0.15, 0.2) is 0 Å². The number of nitrogens with zero attached hydrogens (tertiary/aromatic N) is 3. The first kappa shape index (κ1) is 22.9. The second-order valence-corrected chi connectivity index (χ2v) is 8.38. The summed E-state index contributed by atoms with van der Waals surface area (Å²) in [5.74, 6) is 0.232. The maximum Gasteiger partial charge on any atom is 0.416 e. The molecule has 0 aromatic heterocycles. The summed E-state index contributed by atoms with van der Waals surface area (Å²) in [6.07, 6.45) is -4.21. The molecule has 2 saturated heterocycles. The lowest BCUT2D eigenvalue weighted by Gasteiger charge is -2.37. The number of ether oxygens (including phenoxy) is 1. The van der Waals surface area contributed by atoms with E-state index in [1.165, 1.54) is 6.07 Å². The van der Waals surface area contributed by atoms with Crippen LogP contribution in [0, 0.1) is 5.92 Å². The Morgan fingerprint density at radius 1 is 1.06 bits per heavy atom. The quantitative estimate of drug-likeness (QED) is 0.685. The molecule has 2 amide bonds. The lowest BCUT2D eigenvalue weighted by molar-refractivity contribution is -0.137. The molecule has 0 radical (unpaired) electrons. The fourth-order valence-electron chi connectivity index (χ4n) is 4.36. The van der Waals surface area contributed by atoms with Crippen molar-refractivity contribution in [1.82, 2.24) is 9.80 Å². The van der Waals surface area contributed by atoms with Crippen LogP contribution in [0.25, 0.3) is 0 Å². The molecule has 0 spiro atoms. The molecular formula is C24H26F3N3O3. The predicted molar refractivity (Wildman–Crippen MR) is 117 cm³/mol. The third kappa shape index (κ3) is 5.23. The van der Waals surface area contributed by atoms with E-state index in [0.717, 1.165) is 23.4 Å². The molecular weight excluding hydrogens is 435 g/mol. The van der Waals surface area contributed by atoms with Crippen LogP contribution in [0.2, 0.25) is 0 Å². The Bertz CT molecular complexity index is 1000. The fraction of sp³-hybridized carbons (Fsp3) is 0.417. The second kappa shape index (κ2) is 9.33. The van der Waals surface area contributed by atoms with Gasteiger partial charge in [-0.05, 0) is 35.9 Å². The van der Waals surface area contributed by atoms with Gasteiger partial charge in [0.2, 0.25) is 11.8 Å². The normalized spacial score (nSPS) is 19.2. The van der Waals surface area contributed by atoms with E-state index in [1.54, 1.807) is 23.0 Å². The smallest absolute Gasteiger partial charge is 0.416 e. The molecule has 2 fully saturated rings. The van der Waals surface area contributed by atoms with Gasteiger partial charge >= 0.3 is 6.18 Å². The monoisotopic (exact) mass is 461 g/mol. The highest BCUT2D eigenvalue weighted by molar-refractivity contribution is 5.89. The maximum absolute atomic E-state index is 13.0. The summed E-state index contributed by atoms with van der Waals surface area (Å²) in [5.41, 5.74) is 0.783. The number of alkyl halides is 3. The number of amides is 2. The van der Waals surface area contributed by atoms with Crippen molar-refractivity contribution in [3.05, 3.63) is 59.7 Å². The fourth-order valence-corrected chi connectivity index (χ4v) is 4.36. The molecule has 2 heterocycles. The molecule has 176 valence electrons. The van der Waals surface area contributed by atoms with Crippen LogP contribution < -0.4 is 9.64 Å². The molecule has 0 unspecified atom stereocenters. The van der Waals surface area contributed by atoms with Gasteiger partial charge in [-0.1, -0.05) is 18.2 Å². The number of likely N-dealkylation sites (tertiary alicyclic amines) is 1. The van der Waals surface area contributed by atoms with Crippen LogP contribution in [0.1, 0.15) is 17.5 Å². The van der Waals surface area contributed by atoms with Crippen LogP contribution >= 0.6 is 0 Å². The zero-order valence-corrected chi connectivity index (χ0v) is 18.3. The average molecular weight is 461 g/mol. The van der Waals surface area contributed by atoms with Gasteiger partial charge < -0.3 is 19.4 Å². The summed E-state index contributed by atoms with van der Waals surface area (Å²) in [7, 11) is 1.59. The Hall–Kier alpha value is -3.23. The minimum atomic E-state index is -4.39. The van der Waals surface area contributed by atoms with Gasteiger partial charge in [-0.25, -0.2) is 0 Å². The van der Waals surface area contributed by atoms with Crippen LogP contribution in [-0.2, 0) is 22.3 Å². The summed E-state index contributed by atoms with van der Waals surface area (Å²) < 4.78 is 44.2. The summed E-state index contributed by atoms with van der Waals surface area (Å²) in [6, 6.07) is 12.7. The lowest BCUT2D eigenvalue weighted by atomic mass is 10.1. The molecule has 6 nitrogen and oxygen atoms in total. The third-order valence-corrected chi connectivity index (χ3v) is 6.23. The largest absolute Gasteiger partial charge is 0.497 e. The zero-order chi connectivity index (χ0) is 23.6. The van der Waals surface area contributed by atoms with E-state index in [0.29, 0.717) is 45.0 Å². The number of anilines is 1. The molecule has 2 aromatic rings. The van der Waals surface area contributed by atoms with Gasteiger partial charge in [0.1, 0.15) is 5.75 Å². The molecule has 2 aromatic carbocycles. The van der Waals surface area contributed by atoms with Gasteiger partial charge in [0.25, 0.3) is 0 Å². The molecule has 2 aliphatic rings. The van der Waals surface area contributed by atoms with Gasteiger partial charge in [-0.3, -0.25) is 9.59 Å². The van der Waals surface area contributed by atoms with Crippen LogP contribution in [0.4, 0.5) is 18.9 Å². The van der Waals surface area contributed by atoms with Gasteiger partial charge in [-0.15, -0.1) is 0 Å². The molecule has 4 rings (SSSR count). The van der Waals surface area contributed by atoms with E-state index < -0.39 is 17.7 Å². The molecule has 0 N–H and O–H groups in total. The molecule has 0 aliphatic carbocycles. The summed E-state index contributed by atoms with van der Waals surface area (Å²) >= 11 is 0. The highest BCUT2D eigenvalue weighted by atomic mass is 19.4. The maximum atomic E-state index is 13.0. The number of carbonyl (C=O) groups excluding carboxylic acids is 2. The van der Waals surface area contributed by atoms with E-state index in [1.807, 2.05) is 29.2 Å². The molecule has 1 atom stereocenters. The van der Waals surface area contributed by atoms with Crippen molar-refractivity contribution >= 4 is 17.5 Å². The standard InChI is InChI=1S/C24H26F3N3O3/c1-33-21-7-5-17(6-8-21)15-30-16-18(13-22(30)31)23(32)29-11-9-28(10-12-29)20-4-2-3-19(14-20)24(25,26)27/h2-8,14,18H,9-13,15-16H2,1H3/t18-/m0/s1. The number of piperazine rings is 1. The minimum absolute atomic E-state index is 0.0493. The highest BCUT2D eigenvalue weighted by Crippen LogP contribution is 2.32. The van der Waals surface area contributed by atoms with Gasteiger partial charge in [-0.2, -0.15) is 13.2 Å². The number of methoxy groups -OCH3 is 1. The van der Waals surface area contributed by atoms with E-state index >= 15 is 0 Å². The molecule has 2 aliphatic heterocycles. The summed E-state index contributed by atoms with van der Waals surface area (Å²) in [4.78, 5) is 30.8. The first-order valence-corrected chi connectivity index (χ1v) is 10.9. The Morgan fingerprint density at radius 2 is 1.76 bits per heavy atom. The predicted octanol–water partition coefficient (Wildman–Crippen LogP) is 3.41. The van der Waals surface area contributed by atoms with E-state index in [-0.39, 0.29) is 18.2 Å². The van der Waals surface area contributed by atoms with Crippen LogP contribution in [0.3, 0.4) is 0 Å². The van der Waals surface area contributed by atoms with E-state index in [4.69, 9.17) is 4.74 Å². The van der Waals surface area contributed by atoms with Crippen molar-refractivity contribution in [2.45, 2.75) is 19.1 Å². The number of hydrogen-bond donors (Lipinski definition) is 0. The van der Waals surface area contributed by atoms with E-state index in [2.05, 4.69) is 0 Å². The van der Waals surface area contributed by atoms with Crippen LogP contribution in [0.15, 0.2) is 48.5 Å². The Labute approximate surface area is 190 Å². The van der Waals surface area contributed by atoms with Crippen molar-refractivity contribution in [2.75, 3.05) is 44.7 Å². The van der Waals surface area contributed by atoms with Crippen LogP contribution in [-0.4, -0.2) is 61.4 Å². The summed E-state index contributed by atoms with van der Waals surface area (Å²) in [5, 5.41) is 0. The van der Waals surface area contributed by atoms with Gasteiger partial charge in [0, 0.05) is 51.4 Å². The highest BCUT2D eigenvalue weighted by Gasteiger charge is 2.37. The minimum Gasteiger partial charge on any atom is -0.497 e. The van der Waals surface area contributed by atoms with Crippen LogP contribution in [0.5, 0.6) is 5.75 Å². The molecule has 0 bridgehead atoms. The van der Waals surface area contributed by atoms with Crippen molar-refractivity contribution in [3.8, 4) is 5.75 Å². The van der Waals surface area contributed by atoms with Gasteiger partial charge in [0.05, 0.1) is 18.6 Å². The third-order valence-electron chi connectivity index (χ3n) is 6.23.